The van der Waals surface area contributed by atoms with Crippen LogP contribution in [0.4, 0.5) is 11.4 Å². The predicted octanol–water partition coefficient (Wildman–Crippen LogP) is 3.98. The summed E-state index contributed by atoms with van der Waals surface area (Å²) in [5.74, 6) is 0.701. The molecule has 1 aromatic carbocycles. The number of nitrogens with one attached hydrogen (secondary N) is 1. The average molecular weight is 322 g/mol. The van der Waals surface area contributed by atoms with Gasteiger partial charge in [-0.1, -0.05) is 12.8 Å². The highest BCUT2D eigenvalue weighted by molar-refractivity contribution is 5.69. The number of carbonyl (C=O) groups is 1. The molecule has 0 amide bonds. The standard InChI is InChI=1S/C18H30N2O3/c1-18(2,3)23-17(21)9-7-5-6-8-12-22-14-10-11-15(19)16(13-14)20-4/h10-11,13,20H,5-9,12,19H2,1-4H3. The third-order valence-corrected chi connectivity index (χ3v) is 3.26. The molecule has 0 atom stereocenters. The number of unbranched alkanes of at least 4 members (excludes halogenated alkanes) is 3. The van der Waals surface area contributed by atoms with E-state index in [0.29, 0.717) is 18.7 Å². The average Bonchev–Trinajstić information content (AvgIpc) is 2.46. The second-order valence-electron chi connectivity index (χ2n) is 6.60. The van der Waals surface area contributed by atoms with Crippen LogP contribution in [0, 0.1) is 0 Å². The van der Waals surface area contributed by atoms with Crippen molar-refractivity contribution in [3.63, 3.8) is 0 Å². The number of nitrogen functional groups attached to an aromatic ring is 1. The van der Waals surface area contributed by atoms with Crippen molar-refractivity contribution in [2.45, 2.75) is 58.5 Å². The van der Waals surface area contributed by atoms with E-state index in [0.717, 1.165) is 37.1 Å². The lowest BCUT2D eigenvalue weighted by Gasteiger charge is -2.19. The molecule has 23 heavy (non-hydrogen) atoms. The number of hydrogen-bond donors (Lipinski definition) is 2. The van der Waals surface area contributed by atoms with E-state index < -0.39 is 5.60 Å². The number of hydrogen-bond acceptors (Lipinski definition) is 5. The molecule has 3 N–H and O–H groups in total. The van der Waals surface area contributed by atoms with E-state index in [1.54, 1.807) is 0 Å². The Kier molecular flexibility index (Phi) is 7.72. The molecule has 1 aromatic rings. The van der Waals surface area contributed by atoms with E-state index in [9.17, 15) is 4.79 Å². The summed E-state index contributed by atoms with van der Waals surface area (Å²) >= 11 is 0. The van der Waals surface area contributed by atoms with Crippen LogP contribution in [0.15, 0.2) is 18.2 Å². The molecule has 0 aliphatic carbocycles. The van der Waals surface area contributed by atoms with Crippen molar-refractivity contribution in [1.29, 1.82) is 0 Å². The monoisotopic (exact) mass is 322 g/mol. The first kappa shape index (κ1) is 19.1. The molecule has 0 unspecified atom stereocenters. The molecule has 0 aliphatic rings. The summed E-state index contributed by atoms with van der Waals surface area (Å²) in [6.07, 6.45) is 4.36. The molecule has 0 bridgehead atoms. The van der Waals surface area contributed by atoms with E-state index in [-0.39, 0.29) is 5.97 Å². The van der Waals surface area contributed by atoms with E-state index in [2.05, 4.69) is 5.32 Å². The fourth-order valence-electron chi connectivity index (χ4n) is 2.15. The Morgan fingerprint density at radius 1 is 1.17 bits per heavy atom. The van der Waals surface area contributed by atoms with Crippen LogP contribution in [0.5, 0.6) is 5.75 Å². The van der Waals surface area contributed by atoms with Crippen molar-refractivity contribution in [1.82, 2.24) is 0 Å². The third kappa shape index (κ3) is 8.33. The topological polar surface area (TPSA) is 73.6 Å². The third-order valence-electron chi connectivity index (χ3n) is 3.26. The van der Waals surface area contributed by atoms with Crippen molar-refractivity contribution >= 4 is 17.3 Å². The van der Waals surface area contributed by atoms with Gasteiger partial charge in [-0.2, -0.15) is 0 Å². The zero-order chi connectivity index (χ0) is 17.3. The Morgan fingerprint density at radius 3 is 2.52 bits per heavy atom. The van der Waals surface area contributed by atoms with Gasteiger partial charge in [0.15, 0.2) is 0 Å². The number of nitrogens with two attached hydrogens (primary N) is 1. The molecule has 0 spiro atoms. The maximum atomic E-state index is 11.6. The molecule has 0 heterocycles. The van der Waals surface area contributed by atoms with Gasteiger partial charge in [0, 0.05) is 19.5 Å². The summed E-state index contributed by atoms with van der Waals surface area (Å²) in [6, 6.07) is 5.61. The van der Waals surface area contributed by atoms with Gasteiger partial charge in [0.05, 0.1) is 18.0 Å². The van der Waals surface area contributed by atoms with Crippen molar-refractivity contribution in [3.05, 3.63) is 18.2 Å². The minimum Gasteiger partial charge on any atom is -0.494 e. The minimum absolute atomic E-state index is 0.116. The molecule has 0 fully saturated rings. The van der Waals surface area contributed by atoms with Crippen LogP contribution >= 0.6 is 0 Å². The lowest BCUT2D eigenvalue weighted by Crippen LogP contribution is -2.23. The number of rotatable bonds is 9. The first-order chi connectivity index (χ1) is 10.8. The van der Waals surface area contributed by atoms with Crippen molar-refractivity contribution in [2.75, 3.05) is 24.7 Å². The van der Waals surface area contributed by atoms with Crippen LogP contribution in [0.3, 0.4) is 0 Å². The predicted molar refractivity (Wildman–Crippen MR) is 94.8 cm³/mol. The Hall–Kier alpha value is -1.91. The highest BCUT2D eigenvalue weighted by atomic mass is 16.6. The molecule has 0 aromatic heterocycles. The zero-order valence-corrected chi connectivity index (χ0v) is 14.8. The second-order valence-corrected chi connectivity index (χ2v) is 6.60. The van der Waals surface area contributed by atoms with Gasteiger partial charge in [-0.05, 0) is 45.7 Å². The molecule has 1 rings (SSSR count). The highest BCUT2D eigenvalue weighted by Crippen LogP contribution is 2.24. The summed E-state index contributed by atoms with van der Waals surface area (Å²) < 4.78 is 11.0. The van der Waals surface area contributed by atoms with Gasteiger partial charge in [0.25, 0.3) is 0 Å². The van der Waals surface area contributed by atoms with Crippen LogP contribution in [0.2, 0.25) is 0 Å². The zero-order valence-electron chi connectivity index (χ0n) is 14.8. The molecule has 5 heteroatoms. The number of anilines is 2. The number of esters is 1. The summed E-state index contributed by atoms with van der Waals surface area (Å²) in [5.41, 5.74) is 7.01. The van der Waals surface area contributed by atoms with Gasteiger partial charge in [-0.3, -0.25) is 4.79 Å². The molecule has 130 valence electrons. The largest absolute Gasteiger partial charge is 0.494 e. The SMILES string of the molecule is CNc1cc(OCCCCCCC(=O)OC(C)(C)C)ccc1N. The molecule has 0 radical (unpaired) electrons. The van der Waals surface area contributed by atoms with Gasteiger partial charge in [-0.15, -0.1) is 0 Å². The van der Waals surface area contributed by atoms with E-state index in [4.69, 9.17) is 15.2 Å². The molecule has 0 saturated carbocycles. The fourth-order valence-corrected chi connectivity index (χ4v) is 2.15. The molecular weight excluding hydrogens is 292 g/mol. The van der Waals surface area contributed by atoms with Gasteiger partial charge < -0.3 is 20.5 Å². The first-order valence-corrected chi connectivity index (χ1v) is 8.24. The lowest BCUT2D eigenvalue weighted by atomic mass is 10.1. The maximum Gasteiger partial charge on any atom is 0.306 e. The Balaban J connectivity index is 2.11. The normalized spacial score (nSPS) is 11.1. The molecular formula is C18H30N2O3. The van der Waals surface area contributed by atoms with Gasteiger partial charge in [-0.25, -0.2) is 0 Å². The maximum absolute atomic E-state index is 11.6. The van der Waals surface area contributed by atoms with E-state index in [1.165, 1.54) is 0 Å². The summed E-state index contributed by atoms with van der Waals surface area (Å²) in [5, 5.41) is 3.03. The Labute approximate surface area is 139 Å². The van der Waals surface area contributed by atoms with Gasteiger partial charge in [0.2, 0.25) is 0 Å². The van der Waals surface area contributed by atoms with E-state index in [1.807, 2.05) is 46.0 Å². The minimum atomic E-state index is -0.393. The van der Waals surface area contributed by atoms with Crippen molar-refractivity contribution in [3.8, 4) is 5.75 Å². The van der Waals surface area contributed by atoms with Gasteiger partial charge >= 0.3 is 5.97 Å². The van der Waals surface area contributed by atoms with Crippen molar-refractivity contribution < 1.29 is 14.3 Å². The van der Waals surface area contributed by atoms with Crippen LogP contribution in [0.1, 0.15) is 52.9 Å². The summed E-state index contributed by atoms with van der Waals surface area (Å²) in [7, 11) is 1.83. The fraction of sp³-hybridized carbons (Fsp3) is 0.611. The quantitative estimate of drug-likeness (QED) is 0.409. The summed E-state index contributed by atoms with van der Waals surface area (Å²) in [6.45, 7) is 6.33. The highest BCUT2D eigenvalue weighted by Gasteiger charge is 2.15. The number of ether oxygens (including phenoxy) is 2. The lowest BCUT2D eigenvalue weighted by molar-refractivity contribution is -0.154. The van der Waals surface area contributed by atoms with E-state index >= 15 is 0 Å². The number of carbonyl (C=O) groups excluding carboxylic acids is 1. The molecule has 5 nitrogen and oxygen atoms in total. The van der Waals surface area contributed by atoms with Crippen LogP contribution < -0.4 is 15.8 Å². The molecule has 0 saturated heterocycles. The van der Waals surface area contributed by atoms with Crippen LogP contribution in [0.25, 0.3) is 0 Å². The Bertz CT molecular complexity index is 496. The summed E-state index contributed by atoms with van der Waals surface area (Å²) in [4.78, 5) is 11.6. The van der Waals surface area contributed by atoms with Crippen LogP contribution in [-0.4, -0.2) is 25.2 Å². The number of benzene rings is 1. The Morgan fingerprint density at radius 2 is 1.87 bits per heavy atom. The molecule has 0 aliphatic heterocycles. The second kappa shape index (κ2) is 9.28. The van der Waals surface area contributed by atoms with Crippen LogP contribution in [-0.2, 0) is 9.53 Å². The first-order valence-electron chi connectivity index (χ1n) is 8.24. The van der Waals surface area contributed by atoms with Crippen molar-refractivity contribution in [2.24, 2.45) is 0 Å². The van der Waals surface area contributed by atoms with Gasteiger partial charge in [0.1, 0.15) is 11.4 Å². The smallest absolute Gasteiger partial charge is 0.306 e.